The van der Waals surface area contributed by atoms with E-state index in [0.717, 1.165) is 6.07 Å². The minimum Gasteiger partial charge on any atom is -0.489 e. The van der Waals surface area contributed by atoms with Gasteiger partial charge in [-0.1, -0.05) is 24.3 Å². The number of carbonyl (C=O) groups excluding carboxylic acids is 1. The number of aromatic carboxylic acids is 1. The van der Waals surface area contributed by atoms with E-state index in [1.54, 1.807) is 52.0 Å². The molecule has 0 aliphatic rings. The summed E-state index contributed by atoms with van der Waals surface area (Å²) in [5, 5.41) is 8.96. The van der Waals surface area contributed by atoms with Gasteiger partial charge in [0.2, 0.25) is 0 Å². The lowest BCUT2D eigenvalue weighted by molar-refractivity contribution is -0.156. The topological polar surface area (TPSA) is 72.8 Å². The van der Waals surface area contributed by atoms with Crippen LogP contribution in [0, 0.1) is 5.82 Å². The highest BCUT2D eigenvalue weighted by atomic mass is 19.1. The van der Waals surface area contributed by atoms with Crippen molar-refractivity contribution < 1.29 is 28.6 Å². The molecule has 2 aromatic carbocycles. The van der Waals surface area contributed by atoms with Crippen molar-refractivity contribution in [3.05, 3.63) is 53.8 Å². The van der Waals surface area contributed by atoms with Gasteiger partial charge in [0.15, 0.2) is 0 Å². The molecular weight excluding hydrogens is 351 g/mol. The van der Waals surface area contributed by atoms with E-state index in [-0.39, 0.29) is 12.4 Å². The van der Waals surface area contributed by atoms with Gasteiger partial charge >= 0.3 is 11.9 Å². The molecule has 0 fully saturated rings. The van der Waals surface area contributed by atoms with E-state index in [4.69, 9.17) is 14.6 Å². The smallest absolute Gasteiger partial charge is 0.338 e. The Morgan fingerprint density at radius 2 is 1.81 bits per heavy atom. The maximum Gasteiger partial charge on any atom is 0.338 e. The van der Waals surface area contributed by atoms with Gasteiger partial charge in [0.1, 0.15) is 23.3 Å². The van der Waals surface area contributed by atoms with Crippen LogP contribution >= 0.6 is 0 Å². The van der Waals surface area contributed by atoms with Crippen molar-refractivity contribution in [3.8, 4) is 16.9 Å². The molecule has 0 heterocycles. The molecule has 0 aliphatic carbocycles. The summed E-state index contributed by atoms with van der Waals surface area (Å²) >= 11 is 0. The van der Waals surface area contributed by atoms with E-state index in [1.165, 1.54) is 12.1 Å². The Hall–Kier alpha value is -2.89. The van der Waals surface area contributed by atoms with Crippen LogP contribution in [0.15, 0.2) is 42.5 Å². The number of benzene rings is 2. The first-order valence-electron chi connectivity index (χ1n) is 8.57. The lowest BCUT2D eigenvalue weighted by atomic mass is 10.0. The first-order valence-corrected chi connectivity index (χ1v) is 8.57. The summed E-state index contributed by atoms with van der Waals surface area (Å²) in [5.74, 6) is -2.05. The van der Waals surface area contributed by atoms with Crippen LogP contribution < -0.4 is 4.74 Å². The highest BCUT2D eigenvalue weighted by molar-refractivity contribution is 5.89. The van der Waals surface area contributed by atoms with E-state index in [9.17, 15) is 14.0 Å². The molecule has 0 amide bonds. The Labute approximate surface area is 157 Å². The normalized spacial score (nSPS) is 12.3. The van der Waals surface area contributed by atoms with Gasteiger partial charge < -0.3 is 14.6 Å². The van der Waals surface area contributed by atoms with Crippen LogP contribution in [-0.4, -0.2) is 28.8 Å². The molecule has 0 saturated heterocycles. The summed E-state index contributed by atoms with van der Waals surface area (Å²) in [6.07, 6.45) is -0.387. The molecule has 27 heavy (non-hydrogen) atoms. The fraction of sp³-hybridized carbons (Fsp3) is 0.333. The maximum atomic E-state index is 14.0. The van der Waals surface area contributed by atoms with Gasteiger partial charge in [-0.3, -0.25) is 4.79 Å². The summed E-state index contributed by atoms with van der Waals surface area (Å²) in [5.41, 5.74) is 0.121. The SMILES string of the molecule is C[C@H](CC(=O)OC(C)(C)C)Oc1ccccc1-c1ccc(C(=O)O)c(F)c1. The van der Waals surface area contributed by atoms with E-state index < -0.39 is 29.1 Å². The Morgan fingerprint density at radius 3 is 2.41 bits per heavy atom. The van der Waals surface area contributed by atoms with Gasteiger partial charge in [-0.15, -0.1) is 0 Å². The van der Waals surface area contributed by atoms with Crippen LogP contribution in [0.25, 0.3) is 11.1 Å². The van der Waals surface area contributed by atoms with Crippen molar-refractivity contribution in [2.45, 2.75) is 45.8 Å². The highest BCUT2D eigenvalue weighted by Gasteiger charge is 2.20. The molecule has 1 atom stereocenters. The van der Waals surface area contributed by atoms with Crippen LogP contribution in [-0.2, 0) is 9.53 Å². The molecule has 5 nitrogen and oxygen atoms in total. The fourth-order valence-corrected chi connectivity index (χ4v) is 2.54. The molecule has 0 radical (unpaired) electrons. The number of carboxylic acids is 1. The van der Waals surface area contributed by atoms with Crippen LogP contribution in [0.4, 0.5) is 4.39 Å². The second kappa shape index (κ2) is 8.20. The molecule has 0 aromatic heterocycles. The van der Waals surface area contributed by atoms with Crippen LogP contribution in [0.2, 0.25) is 0 Å². The number of carboxylic acid groups (broad SMARTS) is 1. The molecule has 6 heteroatoms. The predicted octanol–water partition coefficient (Wildman–Crippen LogP) is 4.69. The number of esters is 1. The van der Waals surface area contributed by atoms with Crippen molar-refractivity contribution in [3.63, 3.8) is 0 Å². The van der Waals surface area contributed by atoms with Gasteiger partial charge in [0.25, 0.3) is 0 Å². The van der Waals surface area contributed by atoms with E-state index in [1.807, 2.05) is 0 Å². The second-order valence-electron chi connectivity index (χ2n) is 7.21. The van der Waals surface area contributed by atoms with Gasteiger partial charge in [-0.25, -0.2) is 9.18 Å². The molecule has 2 aromatic rings. The lowest BCUT2D eigenvalue weighted by Crippen LogP contribution is -2.27. The summed E-state index contributed by atoms with van der Waals surface area (Å²) in [6.45, 7) is 7.12. The molecule has 0 spiro atoms. The number of halogens is 1. The lowest BCUT2D eigenvalue weighted by Gasteiger charge is -2.22. The predicted molar refractivity (Wildman–Crippen MR) is 99.3 cm³/mol. The Kier molecular flexibility index (Phi) is 6.20. The first kappa shape index (κ1) is 20.4. The number of rotatable bonds is 6. The minimum atomic E-state index is -1.32. The molecule has 0 unspecified atom stereocenters. The third-order valence-electron chi connectivity index (χ3n) is 3.60. The first-order chi connectivity index (χ1) is 12.6. The largest absolute Gasteiger partial charge is 0.489 e. The molecule has 1 N–H and O–H groups in total. The maximum absolute atomic E-state index is 14.0. The Morgan fingerprint density at radius 1 is 1.15 bits per heavy atom. The molecule has 0 saturated carbocycles. The van der Waals surface area contributed by atoms with Crippen molar-refractivity contribution in [2.75, 3.05) is 0 Å². The fourth-order valence-electron chi connectivity index (χ4n) is 2.54. The number of hydrogen-bond acceptors (Lipinski definition) is 4. The molecule has 144 valence electrons. The average Bonchev–Trinajstić information content (AvgIpc) is 2.52. The average molecular weight is 374 g/mol. The second-order valence-corrected chi connectivity index (χ2v) is 7.21. The van der Waals surface area contributed by atoms with Crippen molar-refractivity contribution in [2.24, 2.45) is 0 Å². The number of ether oxygens (including phenoxy) is 2. The van der Waals surface area contributed by atoms with Crippen LogP contribution in [0.3, 0.4) is 0 Å². The van der Waals surface area contributed by atoms with Crippen molar-refractivity contribution in [1.29, 1.82) is 0 Å². The Balaban J connectivity index is 2.20. The summed E-state index contributed by atoms with van der Waals surface area (Å²) in [6, 6.07) is 10.9. The molecular formula is C21H23FO5. The third-order valence-corrected chi connectivity index (χ3v) is 3.60. The third kappa shape index (κ3) is 5.81. The van der Waals surface area contributed by atoms with E-state index in [2.05, 4.69) is 0 Å². The zero-order valence-electron chi connectivity index (χ0n) is 15.8. The van der Waals surface area contributed by atoms with Gasteiger partial charge in [0.05, 0.1) is 12.0 Å². The monoisotopic (exact) mass is 374 g/mol. The quantitative estimate of drug-likeness (QED) is 0.743. The number of carbonyl (C=O) groups is 2. The summed E-state index contributed by atoms with van der Waals surface area (Å²) < 4.78 is 25.2. The zero-order valence-corrected chi connectivity index (χ0v) is 15.8. The molecule has 0 bridgehead atoms. The van der Waals surface area contributed by atoms with Gasteiger partial charge in [0, 0.05) is 5.56 Å². The van der Waals surface area contributed by atoms with E-state index >= 15 is 0 Å². The van der Waals surface area contributed by atoms with Crippen molar-refractivity contribution in [1.82, 2.24) is 0 Å². The van der Waals surface area contributed by atoms with E-state index in [0.29, 0.717) is 16.9 Å². The number of para-hydroxylation sites is 1. The van der Waals surface area contributed by atoms with Crippen LogP contribution in [0.1, 0.15) is 44.5 Å². The highest BCUT2D eigenvalue weighted by Crippen LogP contribution is 2.32. The molecule has 2 rings (SSSR count). The van der Waals surface area contributed by atoms with Gasteiger partial charge in [-0.05, 0) is 51.5 Å². The van der Waals surface area contributed by atoms with Gasteiger partial charge in [-0.2, -0.15) is 0 Å². The standard InChI is InChI=1S/C21H23FO5/c1-13(11-19(23)27-21(2,3)4)26-18-8-6-5-7-15(18)14-9-10-16(20(24)25)17(22)12-14/h5-10,12-13H,11H2,1-4H3,(H,24,25)/t13-/m1/s1. The summed E-state index contributed by atoms with van der Waals surface area (Å²) in [4.78, 5) is 22.9. The molecule has 0 aliphatic heterocycles. The van der Waals surface area contributed by atoms with Crippen molar-refractivity contribution >= 4 is 11.9 Å². The van der Waals surface area contributed by atoms with Crippen LogP contribution in [0.5, 0.6) is 5.75 Å². The zero-order chi connectivity index (χ0) is 20.2. The minimum absolute atomic E-state index is 0.0674. The summed E-state index contributed by atoms with van der Waals surface area (Å²) in [7, 11) is 0. The Bertz CT molecular complexity index is 839. The number of hydrogen-bond donors (Lipinski definition) is 1.